The first kappa shape index (κ1) is 14.7. The van der Waals surface area contributed by atoms with Crippen molar-refractivity contribution in [1.29, 1.82) is 0 Å². The van der Waals surface area contributed by atoms with Crippen molar-refractivity contribution >= 4 is 0 Å². The van der Waals surface area contributed by atoms with Crippen molar-refractivity contribution in [1.82, 2.24) is 0 Å². The van der Waals surface area contributed by atoms with Gasteiger partial charge in [0.05, 0.1) is 6.61 Å². The van der Waals surface area contributed by atoms with Crippen LogP contribution in [0.15, 0.2) is 24.3 Å². The number of hydrogen-bond donors (Lipinski definition) is 1. The normalized spacial score (nSPS) is 27.7. The first-order valence-corrected chi connectivity index (χ1v) is 8.40. The average Bonchev–Trinajstić information content (AvgIpc) is 2.77. The molecule has 2 saturated carbocycles. The standard InChI is InChI=1S/C18H27NO2/c1-2-20-14-9-5-6-10-15(14)21-17-13-16(19)18(17)11-7-3-4-8-12-18/h5-6,9-10,16-17H,2-4,7-8,11-13,19H2,1H3. The van der Waals surface area contributed by atoms with Crippen LogP contribution in [0.5, 0.6) is 11.5 Å². The highest BCUT2D eigenvalue weighted by atomic mass is 16.5. The van der Waals surface area contributed by atoms with Crippen molar-refractivity contribution in [2.24, 2.45) is 11.1 Å². The highest BCUT2D eigenvalue weighted by Gasteiger charge is 2.54. The second kappa shape index (κ2) is 6.27. The topological polar surface area (TPSA) is 44.5 Å². The van der Waals surface area contributed by atoms with Crippen LogP contribution in [0.4, 0.5) is 0 Å². The van der Waals surface area contributed by atoms with Crippen LogP contribution in [-0.2, 0) is 0 Å². The summed E-state index contributed by atoms with van der Waals surface area (Å²) in [6, 6.07) is 8.30. The summed E-state index contributed by atoms with van der Waals surface area (Å²) in [7, 11) is 0. The zero-order valence-corrected chi connectivity index (χ0v) is 13.0. The van der Waals surface area contributed by atoms with E-state index < -0.39 is 0 Å². The van der Waals surface area contributed by atoms with Gasteiger partial charge in [-0.3, -0.25) is 0 Å². The Hall–Kier alpha value is -1.22. The molecule has 2 N–H and O–H groups in total. The zero-order chi connectivity index (χ0) is 14.7. The van der Waals surface area contributed by atoms with Crippen molar-refractivity contribution in [2.75, 3.05) is 6.61 Å². The molecule has 1 aromatic carbocycles. The molecule has 3 rings (SSSR count). The lowest BCUT2D eigenvalue weighted by Gasteiger charge is -2.54. The summed E-state index contributed by atoms with van der Waals surface area (Å²) in [5, 5.41) is 0. The Morgan fingerprint density at radius 3 is 2.38 bits per heavy atom. The Balaban J connectivity index is 1.75. The Labute approximate surface area is 127 Å². The van der Waals surface area contributed by atoms with E-state index in [1.165, 1.54) is 38.5 Å². The van der Waals surface area contributed by atoms with Crippen molar-refractivity contribution in [3.63, 3.8) is 0 Å². The third kappa shape index (κ3) is 2.76. The Bertz CT molecular complexity index is 466. The largest absolute Gasteiger partial charge is 0.490 e. The number of hydrogen-bond acceptors (Lipinski definition) is 3. The van der Waals surface area contributed by atoms with Gasteiger partial charge in [0.2, 0.25) is 0 Å². The van der Waals surface area contributed by atoms with Crippen LogP contribution >= 0.6 is 0 Å². The monoisotopic (exact) mass is 289 g/mol. The maximum absolute atomic E-state index is 6.39. The van der Waals surface area contributed by atoms with Crippen LogP contribution in [0.25, 0.3) is 0 Å². The van der Waals surface area contributed by atoms with Gasteiger partial charge in [0, 0.05) is 17.9 Å². The Morgan fingerprint density at radius 1 is 1.10 bits per heavy atom. The number of para-hydroxylation sites is 2. The highest BCUT2D eigenvalue weighted by Crippen LogP contribution is 2.52. The van der Waals surface area contributed by atoms with E-state index in [2.05, 4.69) is 0 Å². The predicted octanol–water partition coefficient (Wildman–Crippen LogP) is 3.90. The molecule has 2 aliphatic rings. The lowest BCUT2D eigenvalue weighted by atomic mass is 9.58. The summed E-state index contributed by atoms with van der Waals surface area (Å²) >= 11 is 0. The molecule has 0 radical (unpaired) electrons. The molecule has 0 heterocycles. The summed E-state index contributed by atoms with van der Waals surface area (Å²) in [6.07, 6.45) is 8.94. The number of nitrogens with two attached hydrogens (primary N) is 1. The van der Waals surface area contributed by atoms with E-state index in [0.717, 1.165) is 17.9 Å². The molecule has 3 nitrogen and oxygen atoms in total. The molecule has 2 unspecified atom stereocenters. The molecule has 0 amide bonds. The molecule has 0 saturated heterocycles. The van der Waals surface area contributed by atoms with Gasteiger partial charge in [-0.15, -0.1) is 0 Å². The second-order valence-corrected chi connectivity index (χ2v) is 6.48. The van der Waals surface area contributed by atoms with E-state index in [1.807, 2.05) is 31.2 Å². The smallest absolute Gasteiger partial charge is 0.161 e. The zero-order valence-electron chi connectivity index (χ0n) is 13.0. The van der Waals surface area contributed by atoms with Crippen LogP contribution < -0.4 is 15.2 Å². The van der Waals surface area contributed by atoms with Crippen molar-refractivity contribution < 1.29 is 9.47 Å². The lowest BCUT2D eigenvalue weighted by Crippen LogP contribution is -2.63. The van der Waals surface area contributed by atoms with Crippen LogP contribution in [0.2, 0.25) is 0 Å². The summed E-state index contributed by atoms with van der Waals surface area (Å²) in [6.45, 7) is 2.67. The van der Waals surface area contributed by atoms with E-state index in [1.54, 1.807) is 0 Å². The summed E-state index contributed by atoms with van der Waals surface area (Å²) in [5.74, 6) is 1.73. The number of benzene rings is 1. The predicted molar refractivity (Wildman–Crippen MR) is 84.8 cm³/mol. The van der Waals surface area contributed by atoms with Gasteiger partial charge in [0.15, 0.2) is 11.5 Å². The fourth-order valence-corrected chi connectivity index (χ4v) is 4.00. The first-order valence-electron chi connectivity index (χ1n) is 8.40. The third-order valence-electron chi connectivity index (χ3n) is 5.30. The minimum absolute atomic E-state index is 0.204. The maximum atomic E-state index is 6.39. The van der Waals surface area contributed by atoms with Gasteiger partial charge in [-0.05, 0) is 31.9 Å². The summed E-state index contributed by atoms with van der Waals surface area (Å²) in [4.78, 5) is 0. The van der Waals surface area contributed by atoms with Gasteiger partial charge < -0.3 is 15.2 Å². The minimum Gasteiger partial charge on any atom is -0.490 e. The van der Waals surface area contributed by atoms with Gasteiger partial charge in [0.1, 0.15) is 6.10 Å². The molecule has 0 aromatic heterocycles. The number of rotatable bonds is 4. The van der Waals surface area contributed by atoms with E-state index in [9.17, 15) is 0 Å². The molecule has 2 atom stereocenters. The molecule has 0 aliphatic heterocycles. The Morgan fingerprint density at radius 2 is 1.76 bits per heavy atom. The molecular weight excluding hydrogens is 262 g/mol. The number of ether oxygens (including phenoxy) is 2. The molecule has 21 heavy (non-hydrogen) atoms. The van der Waals surface area contributed by atoms with Gasteiger partial charge in [-0.25, -0.2) is 0 Å². The fraction of sp³-hybridized carbons (Fsp3) is 0.667. The van der Waals surface area contributed by atoms with Gasteiger partial charge in [-0.1, -0.05) is 37.8 Å². The lowest BCUT2D eigenvalue weighted by molar-refractivity contribution is -0.0779. The summed E-state index contributed by atoms with van der Waals surface area (Å²) < 4.78 is 12.0. The van der Waals surface area contributed by atoms with Crippen molar-refractivity contribution in [3.05, 3.63) is 24.3 Å². The molecule has 0 bridgehead atoms. The summed E-state index contributed by atoms with van der Waals surface area (Å²) in [5.41, 5.74) is 6.59. The molecule has 116 valence electrons. The molecule has 2 aliphatic carbocycles. The van der Waals surface area contributed by atoms with Crippen LogP contribution in [0.1, 0.15) is 51.9 Å². The van der Waals surface area contributed by atoms with E-state index in [0.29, 0.717) is 12.6 Å². The van der Waals surface area contributed by atoms with Crippen LogP contribution in [0, 0.1) is 5.41 Å². The molecule has 1 spiro atoms. The SMILES string of the molecule is CCOc1ccccc1OC1CC(N)C12CCCCCC2. The van der Waals surface area contributed by atoms with Crippen molar-refractivity contribution in [2.45, 2.75) is 64.0 Å². The third-order valence-corrected chi connectivity index (χ3v) is 5.30. The van der Waals surface area contributed by atoms with Gasteiger partial charge in [-0.2, -0.15) is 0 Å². The highest BCUT2D eigenvalue weighted by molar-refractivity contribution is 5.40. The molecule has 1 aromatic rings. The first-order chi connectivity index (χ1) is 10.3. The van der Waals surface area contributed by atoms with Crippen LogP contribution in [0.3, 0.4) is 0 Å². The molecular formula is C18H27NO2. The van der Waals surface area contributed by atoms with E-state index in [-0.39, 0.29) is 11.5 Å². The van der Waals surface area contributed by atoms with E-state index >= 15 is 0 Å². The second-order valence-electron chi connectivity index (χ2n) is 6.48. The van der Waals surface area contributed by atoms with Gasteiger partial charge >= 0.3 is 0 Å². The maximum Gasteiger partial charge on any atom is 0.161 e. The molecule has 3 heteroatoms. The van der Waals surface area contributed by atoms with Gasteiger partial charge in [0.25, 0.3) is 0 Å². The minimum atomic E-state index is 0.204. The average molecular weight is 289 g/mol. The van der Waals surface area contributed by atoms with Crippen LogP contribution in [-0.4, -0.2) is 18.8 Å². The molecule has 2 fully saturated rings. The van der Waals surface area contributed by atoms with Crippen molar-refractivity contribution in [3.8, 4) is 11.5 Å². The van der Waals surface area contributed by atoms with E-state index in [4.69, 9.17) is 15.2 Å². The fourth-order valence-electron chi connectivity index (χ4n) is 4.00. The Kier molecular flexibility index (Phi) is 4.39. The quantitative estimate of drug-likeness (QED) is 0.914.